The van der Waals surface area contributed by atoms with Crippen LogP contribution < -0.4 is 15.4 Å². The number of hydrogen-bond donors (Lipinski definition) is 2. The van der Waals surface area contributed by atoms with E-state index in [1.165, 1.54) is 24.8 Å². The molecule has 1 aromatic rings. The maximum atomic E-state index is 5.67. The van der Waals surface area contributed by atoms with E-state index in [-0.39, 0.29) is 6.10 Å². The quantitative estimate of drug-likeness (QED) is 0.618. The van der Waals surface area contributed by atoms with Gasteiger partial charge in [-0.3, -0.25) is 4.99 Å². The lowest BCUT2D eigenvalue weighted by molar-refractivity contribution is 0.242. The van der Waals surface area contributed by atoms with Crippen molar-refractivity contribution in [3.05, 3.63) is 29.8 Å². The monoisotopic (exact) mass is 335 g/mol. The molecule has 0 aliphatic heterocycles. The highest BCUT2D eigenvalue weighted by Gasteiger charge is 2.24. The van der Waals surface area contributed by atoms with E-state index in [1.807, 2.05) is 44.8 Å². The van der Waals surface area contributed by atoms with E-state index >= 15 is 0 Å². The van der Waals surface area contributed by atoms with E-state index in [4.69, 9.17) is 4.74 Å². The predicted molar refractivity (Wildman–Crippen MR) is 100 cm³/mol. The van der Waals surface area contributed by atoms with Crippen molar-refractivity contribution in [3.8, 4) is 5.75 Å². The third-order valence-electron chi connectivity index (χ3n) is 4.04. The predicted octanol–water partition coefficient (Wildman–Crippen LogP) is 3.42. The lowest BCUT2D eigenvalue weighted by Crippen LogP contribution is -2.42. The number of ether oxygens (including phenoxy) is 1. The van der Waals surface area contributed by atoms with Crippen molar-refractivity contribution in [1.82, 2.24) is 10.6 Å². The van der Waals surface area contributed by atoms with E-state index in [0.717, 1.165) is 23.5 Å². The molecule has 0 spiro atoms. The number of nitrogens with zero attached hydrogens (tertiary/aromatic N) is 1. The lowest BCUT2D eigenvalue weighted by atomic mass is 10.2. The van der Waals surface area contributed by atoms with Crippen LogP contribution in [0.5, 0.6) is 5.75 Å². The third kappa shape index (κ3) is 5.98. The Morgan fingerprint density at radius 2 is 2.04 bits per heavy atom. The average molecular weight is 336 g/mol. The number of hydrogen-bond acceptors (Lipinski definition) is 3. The van der Waals surface area contributed by atoms with Crippen LogP contribution in [0.2, 0.25) is 0 Å². The molecule has 0 heterocycles. The zero-order valence-corrected chi connectivity index (χ0v) is 15.5. The molecule has 1 aromatic carbocycles. The zero-order chi connectivity index (χ0) is 16.7. The van der Waals surface area contributed by atoms with Gasteiger partial charge in [-0.05, 0) is 57.1 Å². The number of nitrogens with one attached hydrogen (secondary N) is 2. The second kappa shape index (κ2) is 9.06. The van der Waals surface area contributed by atoms with Gasteiger partial charge in [-0.25, -0.2) is 0 Å². The number of rotatable bonds is 6. The molecule has 5 heteroatoms. The first-order valence-corrected chi connectivity index (χ1v) is 9.65. The van der Waals surface area contributed by atoms with E-state index in [1.54, 1.807) is 0 Å². The summed E-state index contributed by atoms with van der Waals surface area (Å²) in [6.45, 7) is 4.84. The summed E-state index contributed by atoms with van der Waals surface area (Å²) >= 11 is 1.97. The Bertz CT molecular complexity index is 501. The molecular weight excluding hydrogens is 306 g/mol. The van der Waals surface area contributed by atoms with Crippen molar-refractivity contribution >= 4 is 17.7 Å². The molecule has 0 saturated heterocycles. The van der Waals surface area contributed by atoms with Crippen LogP contribution >= 0.6 is 11.8 Å². The van der Waals surface area contributed by atoms with E-state index in [0.29, 0.717) is 6.04 Å². The number of aliphatic imine (C=N–C) groups is 1. The zero-order valence-electron chi connectivity index (χ0n) is 14.6. The molecule has 1 aliphatic carbocycles. The van der Waals surface area contributed by atoms with E-state index in [2.05, 4.69) is 34.0 Å². The van der Waals surface area contributed by atoms with Crippen LogP contribution in [-0.2, 0) is 6.54 Å². The standard InChI is InChI=1S/C18H29N3OS/c1-13(2)22-16-8-5-14(6-9-16)12-20-18(19-3)21-15-7-10-17(11-15)23-4/h5-6,8-9,13,15,17H,7,10-12H2,1-4H3,(H2,19,20,21). The molecule has 1 saturated carbocycles. The van der Waals surface area contributed by atoms with Gasteiger partial charge in [-0.1, -0.05) is 12.1 Å². The summed E-state index contributed by atoms with van der Waals surface area (Å²) in [6.07, 6.45) is 6.16. The highest BCUT2D eigenvalue weighted by molar-refractivity contribution is 7.99. The Kier molecular flexibility index (Phi) is 7.09. The Balaban J connectivity index is 1.79. The van der Waals surface area contributed by atoms with Crippen molar-refractivity contribution in [1.29, 1.82) is 0 Å². The molecule has 2 rings (SSSR count). The van der Waals surface area contributed by atoms with Crippen LogP contribution in [0.4, 0.5) is 0 Å². The van der Waals surface area contributed by atoms with Crippen LogP contribution in [-0.4, -0.2) is 36.7 Å². The van der Waals surface area contributed by atoms with Gasteiger partial charge in [0.05, 0.1) is 6.10 Å². The molecule has 0 bridgehead atoms. The highest BCUT2D eigenvalue weighted by atomic mass is 32.2. The van der Waals surface area contributed by atoms with Crippen LogP contribution in [0.3, 0.4) is 0 Å². The molecule has 128 valence electrons. The summed E-state index contributed by atoms with van der Waals surface area (Å²) in [5.41, 5.74) is 1.22. The SMILES string of the molecule is CN=C(NCc1ccc(OC(C)C)cc1)NC1CCC(SC)C1. The van der Waals surface area contributed by atoms with Crippen LogP contribution in [0.15, 0.2) is 29.3 Å². The Morgan fingerprint density at radius 3 is 2.61 bits per heavy atom. The Morgan fingerprint density at radius 1 is 1.30 bits per heavy atom. The van der Waals surface area contributed by atoms with Crippen molar-refractivity contribution in [3.63, 3.8) is 0 Å². The van der Waals surface area contributed by atoms with Gasteiger partial charge in [0, 0.05) is 24.9 Å². The Hall–Kier alpha value is -1.36. The van der Waals surface area contributed by atoms with Gasteiger partial charge in [0.25, 0.3) is 0 Å². The van der Waals surface area contributed by atoms with Crippen LogP contribution in [0.25, 0.3) is 0 Å². The van der Waals surface area contributed by atoms with Crippen molar-refractivity contribution in [2.75, 3.05) is 13.3 Å². The van der Waals surface area contributed by atoms with Gasteiger partial charge in [0.2, 0.25) is 0 Å². The van der Waals surface area contributed by atoms with Crippen LogP contribution in [0, 0.1) is 0 Å². The second-order valence-corrected chi connectivity index (χ2v) is 7.39. The first-order valence-electron chi connectivity index (χ1n) is 8.36. The Labute approximate surface area is 144 Å². The van der Waals surface area contributed by atoms with Crippen molar-refractivity contribution < 1.29 is 4.74 Å². The van der Waals surface area contributed by atoms with Gasteiger partial charge in [-0.15, -0.1) is 0 Å². The summed E-state index contributed by atoms with van der Waals surface area (Å²) < 4.78 is 5.67. The fourth-order valence-corrected chi connectivity index (χ4v) is 3.61. The molecule has 1 aliphatic rings. The molecule has 2 N–H and O–H groups in total. The minimum Gasteiger partial charge on any atom is -0.491 e. The molecule has 0 aromatic heterocycles. The molecule has 0 radical (unpaired) electrons. The largest absolute Gasteiger partial charge is 0.491 e. The second-order valence-electron chi connectivity index (χ2n) is 6.25. The minimum absolute atomic E-state index is 0.207. The molecule has 2 unspecified atom stereocenters. The first kappa shape index (κ1) is 18.0. The van der Waals surface area contributed by atoms with Gasteiger partial charge < -0.3 is 15.4 Å². The lowest BCUT2D eigenvalue weighted by Gasteiger charge is -2.17. The minimum atomic E-state index is 0.207. The fourth-order valence-electron chi connectivity index (χ4n) is 2.82. The number of thioether (sulfide) groups is 1. The van der Waals surface area contributed by atoms with E-state index in [9.17, 15) is 0 Å². The first-order chi connectivity index (χ1) is 11.1. The van der Waals surface area contributed by atoms with Gasteiger partial charge in [-0.2, -0.15) is 11.8 Å². The molecular formula is C18H29N3OS. The van der Waals surface area contributed by atoms with Gasteiger partial charge >= 0.3 is 0 Å². The molecule has 0 amide bonds. The van der Waals surface area contributed by atoms with E-state index < -0.39 is 0 Å². The summed E-state index contributed by atoms with van der Waals surface area (Å²) in [5.74, 6) is 1.81. The number of guanidine groups is 1. The van der Waals surface area contributed by atoms with Crippen molar-refractivity contribution in [2.45, 2.75) is 57.1 Å². The van der Waals surface area contributed by atoms with Gasteiger partial charge in [0.15, 0.2) is 5.96 Å². The molecule has 1 fully saturated rings. The summed E-state index contributed by atoms with van der Waals surface area (Å²) in [4.78, 5) is 4.34. The molecule has 23 heavy (non-hydrogen) atoms. The normalized spacial score (nSPS) is 21.5. The summed E-state index contributed by atoms with van der Waals surface area (Å²) in [6, 6.07) is 8.77. The smallest absolute Gasteiger partial charge is 0.191 e. The molecule has 2 atom stereocenters. The van der Waals surface area contributed by atoms with Crippen molar-refractivity contribution in [2.24, 2.45) is 4.99 Å². The fraction of sp³-hybridized carbons (Fsp3) is 0.611. The third-order valence-corrected chi connectivity index (χ3v) is 5.13. The van der Waals surface area contributed by atoms with Gasteiger partial charge in [0.1, 0.15) is 5.75 Å². The maximum Gasteiger partial charge on any atom is 0.191 e. The maximum absolute atomic E-state index is 5.67. The topological polar surface area (TPSA) is 45.7 Å². The summed E-state index contributed by atoms with van der Waals surface area (Å²) in [5, 5.41) is 7.73. The highest BCUT2D eigenvalue weighted by Crippen LogP contribution is 2.28. The average Bonchev–Trinajstić information content (AvgIpc) is 3.00. The number of benzene rings is 1. The summed E-state index contributed by atoms with van der Waals surface area (Å²) in [7, 11) is 1.83. The van der Waals surface area contributed by atoms with Crippen LogP contribution in [0.1, 0.15) is 38.7 Å². The molecule has 4 nitrogen and oxygen atoms in total.